The first kappa shape index (κ1) is 12.6. The molecule has 0 saturated heterocycles. The molecule has 0 spiro atoms. The number of nitrogens with zero attached hydrogens (tertiary/aromatic N) is 1. The number of non-ortho nitro benzene ring substituents is 1. The molecule has 0 heterocycles. The van der Waals surface area contributed by atoms with Crippen molar-refractivity contribution >= 4 is 5.69 Å². The van der Waals surface area contributed by atoms with Crippen molar-refractivity contribution in [1.82, 2.24) is 5.48 Å². The second-order valence-electron chi connectivity index (χ2n) is 3.52. The molecule has 1 atom stereocenters. The molecule has 0 bridgehead atoms. The Morgan fingerprint density at radius 1 is 1.56 bits per heavy atom. The average Bonchev–Trinajstić information content (AvgIpc) is 2.29. The monoisotopic (exact) mass is 224 g/mol. The van der Waals surface area contributed by atoms with Gasteiger partial charge in [0.1, 0.15) is 0 Å². The number of nitro benzene ring substituents is 1. The van der Waals surface area contributed by atoms with E-state index in [0.717, 1.165) is 18.4 Å². The normalized spacial score (nSPS) is 12.4. The Balaban J connectivity index is 2.90. The highest BCUT2D eigenvalue weighted by Gasteiger charge is 2.13. The molecule has 0 amide bonds. The standard InChI is InChI=1S/C11H16N2O3/c1-3-5-11(12-16-2)9-6-4-7-10(8-9)13(14)15/h4,6-8,11-12H,3,5H2,1-2H3. The summed E-state index contributed by atoms with van der Waals surface area (Å²) < 4.78 is 0. The molecule has 0 fully saturated rings. The lowest BCUT2D eigenvalue weighted by Crippen LogP contribution is -2.19. The summed E-state index contributed by atoms with van der Waals surface area (Å²) in [6.45, 7) is 2.06. The van der Waals surface area contributed by atoms with E-state index in [0.29, 0.717) is 0 Å². The Morgan fingerprint density at radius 3 is 2.88 bits per heavy atom. The summed E-state index contributed by atoms with van der Waals surface area (Å²) in [5, 5.41) is 10.6. The minimum Gasteiger partial charge on any atom is -0.305 e. The van der Waals surface area contributed by atoms with Crippen LogP contribution in [0.25, 0.3) is 0 Å². The van der Waals surface area contributed by atoms with Crippen LogP contribution in [-0.2, 0) is 4.84 Å². The van der Waals surface area contributed by atoms with Crippen molar-refractivity contribution in [1.29, 1.82) is 0 Å². The van der Waals surface area contributed by atoms with E-state index in [1.54, 1.807) is 19.2 Å². The molecule has 0 aliphatic carbocycles. The lowest BCUT2D eigenvalue weighted by atomic mass is 10.0. The number of rotatable bonds is 6. The minimum atomic E-state index is -0.390. The Morgan fingerprint density at radius 2 is 2.31 bits per heavy atom. The van der Waals surface area contributed by atoms with Crippen molar-refractivity contribution in [2.75, 3.05) is 7.11 Å². The van der Waals surface area contributed by atoms with Crippen LogP contribution in [0.15, 0.2) is 24.3 Å². The number of nitrogens with one attached hydrogen (secondary N) is 1. The van der Waals surface area contributed by atoms with Crippen molar-refractivity contribution < 1.29 is 9.76 Å². The van der Waals surface area contributed by atoms with Gasteiger partial charge in [0, 0.05) is 12.1 Å². The molecule has 5 nitrogen and oxygen atoms in total. The van der Waals surface area contributed by atoms with Crippen LogP contribution in [0.3, 0.4) is 0 Å². The van der Waals surface area contributed by atoms with Crippen LogP contribution in [0.5, 0.6) is 0 Å². The molecule has 1 aromatic rings. The Labute approximate surface area is 94.5 Å². The van der Waals surface area contributed by atoms with Crippen LogP contribution in [0.2, 0.25) is 0 Å². The highest BCUT2D eigenvalue weighted by Crippen LogP contribution is 2.22. The molecule has 0 aliphatic rings. The molecule has 16 heavy (non-hydrogen) atoms. The van der Waals surface area contributed by atoms with Gasteiger partial charge in [-0.1, -0.05) is 25.5 Å². The van der Waals surface area contributed by atoms with Crippen molar-refractivity contribution in [3.63, 3.8) is 0 Å². The van der Waals surface area contributed by atoms with E-state index >= 15 is 0 Å². The van der Waals surface area contributed by atoms with Gasteiger partial charge in [-0.2, -0.15) is 5.48 Å². The first-order chi connectivity index (χ1) is 7.69. The third kappa shape index (κ3) is 3.29. The molecule has 0 aliphatic heterocycles. The lowest BCUT2D eigenvalue weighted by molar-refractivity contribution is -0.384. The molecule has 0 radical (unpaired) electrons. The summed E-state index contributed by atoms with van der Waals surface area (Å²) >= 11 is 0. The van der Waals surface area contributed by atoms with Crippen molar-refractivity contribution in [2.45, 2.75) is 25.8 Å². The zero-order valence-corrected chi connectivity index (χ0v) is 9.47. The molecule has 1 N–H and O–H groups in total. The highest BCUT2D eigenvalue weighted by atomic mass is 16.6. The molecule has 5 heteroatoms. The maximum absolute atomic E-state index is 10.6. The highest BCUT2D eigenvalue weighted by molar-refractivity contribution is 5.35. The van der Waals surface area contributed by atoms with E-state index < -0.39 is 0 Å². The van der Waals surface area contributed by atoms with Gasteiger partial charge in [0.15, 0.2) is 0 Å². The topological polar surface area (TPSA) is 64.4 Å². The van der Waals surface area contributed by atoms with Crippen LogP contribution in [-0.4, -0.2) is 12.0 Å². The molecular weight excluding hydrogens is 208 g/mol. The maximum atomic E-state index is 10.6. The Bertz CT molecular complexity index is 349. The molecule has 1 unspecified atom stereocenters. The van der Waals surface area contributed by atoms with Crippen molar-refractivity contribution in [3.8, 4) is 0 Å². The van der Waals surface area contributed by atoms with Crippen LogP contribution < -0.4 is 5.48 Å². The van der Waals surface area contributed by atoms with Crippen LogP contribution in [0.1, 0.15) is 31.4 Å². The summed E-state index contributed by atoms with van der Waals surface area (Å²) in [5.41, 5.74) is 3.82. The first-order valence-electron chi connectivity index (χ1n) is 5.22. The second-order valence-corrected chi connectivity index (χ2v) is 3.52. The number of hydroxylamine groups is 1. The number of nitro groups is 1. The lowest BCUT2D eigenvalue weighted by Gasteiger charge is -2.16. The van der Waals surface area contributed by atoms with Gasteiger partial charge >= 0.3 is 0 Å². The third-order valence-electron chi connectivity index (χ3n) is 2.32. The number of hydrogen-bond acceptors (Lipinski definition) is 4. The summed E-state index contributed by atoms with van der Waals surface area (Å²) in [6.07, 6.45) is 1.85. The molecule has 0 aromatic heterocycles. The second kappa shape index (κ2) is 6.19. The van der Waals surface area contributed by atoms with E-state index in [9.17, 15) is 10.1 Å². The van der Waals surface area contributed by atoms with E-state index in [1.807, 2.05) is 6.07 Å². The Hall–Kier alpha value is -1.46. The largest absolute Gasteiger partial charge is 0.305 e. The summed E-state index contributed by atoms with van der Waals surface area (Å²) in [5.74, 6) is 0. The molecule has 88 valence electrons. The van der Waals surface area contributed by atoms with Gasteiger partial charge in [-0.3, -0.25) is 10.1 Å². The number of hydrogen-bond donors (Lipinski definition) is 1. The van der Waals surface area contributed by atoms with Gasteiger partial charge in [-0.15, -0.1) is 0 Å². The predicted molar refractivity (Wildman–Crippen MR) is 60.9 cm³/mol. The van der Waals surface area contributed by atoms with Crippen molar-refractivity contribution in [3.05, 3.63) is 39.9 Å². The summed E-state index contributed by atoms with van der Waals surface area (Å²) in [7, 11) is 1.54. The van der Waals surface area contributed by atoms with E-state index in [4.69, 9.17) is 4.84 Å². The fraction of sp³-hybridized carbons (Fsp3) is 0.455. The predicted octanol–water partition coefficient (Wildman–Crippen LogP) is 2.59. The van der Waals surface area contributed by atoms with Crippen LogP contribution in [0.4, 0.5) is 5.69 Å². The van der Waals surface area contributed by atoms with Gasteiger partial charge in [0.25, 0.3) is 5.69 Å². The SMILES string of the molecule is CCCC(NOC)c1cccc([N+](=O)[O-])c1. The van der Waals surface area contributed by atoms with Gasteiger partial charge in [-0.05, 0) is 12.0 Å². The van der Waals surface area contributed by atoms with E-state index in [1.165, 1.54) is 6.07 Å². The Kier molecular flexibility index (Phi) is 4.88. The van der Waals surface area contributed by atoms with Crippen LogP contribution in [0, 0.1) is 10.1 Å². The van der Waals surface area contributed by atoms with E-state index in [-0.39, 0.29) is 16.7 Å². The van der Waals surface area contributed by atoms with Gasteiger partial charge < -0.3 is 4.84 Å². The summed E-state index contributed by atoms with van der Waals surface area (Å²) in [6, 6.07) is 6.60. The number of benzene rings is 1. The zero-order chi connectivity index (χ0) is 12.0. The van der Waals surface area contributed by atoms with E-state index in [2.05, 4.69) is 12.4 Å². The fourth-order valence-corrected chi connectivity index (χ4v) is 1.58. The zero-order valence-electron chi connectivity index (χ0n) is 9.47. The first-order valence-corrected chi connectivity index (χ1v) is 5.22. The maximum Gasteiger partial charge on any atom is 0.269 e. The quantitative estimate of drug-likeness (QED) is 0.595. The molecule has 1 rings (SSSR count). The minimum absolute atomic E-state index is 0.00472. The molecule has 0 saturated carbocycles. The van der Waals surface area contributed by atoms with Gasteiger partial charge in [0.05, 0.1) is 18.1 Å². The molecule has 1 aromatic carbocycles. The third-order valence-corrected chi connectivity index (χ3v) is 2.32. The average molecular weight is 224 g/mol. The smallest absolute Gasteiger partial charge is 0.269 e. The van der Waals surface area contributed by atoms with Crippen LogP contribution >= 0.6 is 0 Å². The van der Waals surface area contributed by atoms with Gasteiger partial charge in [0.2, 0.25) is 0 Å². The van der Waals surface area contributed by atoms with Gasteiger partial charge in [-0.25, -0.2) is 0 Å². The van der Waals surface area contributed by atoms with Crippen molar-refractivity contribution in [2.24, 2.45) is 0 Å². The fourth-order valence-electron chi connectivity index (χ4n) is 1.58. The molecular formula is C11H16N2O3. The summed E-state index contributed by atoms with van der Waals surface area (Å²) in [4.78, 5) is 15.1.